The number of nitrogens with two attached hydrogens (primary N) is 1. The number of aryl methyl sites for hydroxylation is 1. The van der Waals surface area contributed by atoms with Crippen LogP contribution in [0, 0.1) is 17.0 Å². The lowest BCUT2D eigenvalue weighted by atomic mass is 10.1. The van der Waals surface area contributed by atoms with Crippen LogP contribution in [0.1, 0.15) is 15.9 Å². The summed E-state index contributed by atoms with van der Waals surface area (Å²) in [6, 6.07) is 10.9. The summed E-state index contributed by atoms with van der Waals surface area (Å²) in [4.78, 5) is 22.3. The summed E-state index contributed by atoms with van der Waals surface area (Å²) in [7, 11) is 0. The Bertz CT molecular complexity index is 683. The minimum Gasteiger partial charge on any atom is -0.398 e. The van der Waals surface area contributed by atoms with E-state index in [1.807, 2.05) is 6.92 Å². The van der Waals surface area contributed by atoms with Gasteiger partial charge < -0.3 is 11.1 Å². The molecule has 3 N–H and O–H groups in total. The molecular weight excluding hydrogens is 258 g/mol. The number of nitrogens with zero attached hydrogens (tertiary/aromatic N) is 1. The van der Waals surface area contributed by atoms with E-state index in [4.69, 9.17) is 5.73 Å². The molecule has 2 aromatic carbocycles. The topological polar surface area (TPSA) is 98.3 Å². The first-order valence-electron chi connectivity index (χ1n) is 5.89. The molecule has 0 aromatic heterocycles. The van der Waals surface area contributed by atoms with Crippen molar-refractivity contribution in [1.29, 1.82) is 0 Å². The van der Waals surface area contributed by atoms with Crippen LogP contribution in [0.3, 0.4) is 0 Å². The Hall–Kier alpha value is -2.89. The monoisotopic (exact) mass is 271 g/mol. The average Bonchev–Trinajstić information content (AvgIpc) is 2.41. The van der Waals surface area contributed by atoms with Crippen LogP contribution in [0.15, 0.2) is 42.5 Å². The van der Waals surface area contributed by atoms with Crippen LogP contribution in [0.2, 0.25) is 0 Å². The van der Waals surface area contributed by atoms with Gasteiger partial charge in [-0.1, -0.05) is 17.7 Å². The molecule has 0 spiro atoms. The summed E-state index contributed by atoms with van der Waals surface area (Å²) in [6.07, 6.45) is 0. The van der Waals surface area contributed by atoms with Gasteiger partial charge in [0.2, 0.25) is 0 Å². The van der Waals surface area contributed by atoms with Crippen molar-refractivity contribution in [3.05, 3.63) is 63.7 Å². The highest BCUT2D eigenvalue weighted by Gasteiger charge is 2.12. The molecule has 2 aromatic rings. The maximum atomic E-state index is 12.1. The summed E-state index contributed by atoms with van der Waals surface area (Å²) >= 11 is 0. The van der Waals surface area contributed by atoms with Gasteiger partial charge >= 0.3 is 0 Å². The van der Waals surface area contributed by atoms with Crippen molar-refractivity contribution in [2.45, 2.75) is 6.92 Å². The third-order valence-corrected chi connectivity index (χ3v) is 2.77. The Morgan fingerprint density at radius 2 is 2.00 bits per heavy atom. The summed E-state index contributed by atoms with van der Waals surface area (Å²) in [5.41, 5.74) is 7.63. The molecule has 0 aliphatic heterocycles. The lowest BCUT2D eigenvalue weighted by Crippen LogP contribution is -2.14. The Morgan fingerprint density at radius 3 is 2.70 bits per heavy atom. The van der Waals surface area contributed by atoms with Crippen LogP contribution in [0.5, 0.6) is 0 Å². The molecule has 0 saturated heterocycles. The molecule has 6 nitrogen and oxygen atoms in total. The number of amides is 1. The normalized spacial score (nSPS) is 10.1. The van der Waals surface area contributed by atoms with E-state index in [-0.39, 0.29) is 5.69 Å². The summed E-state index contributed by atoms with van der Waals surface area (Å²) < 4.78 is 0. The second-order valence-electron chi connectivity index (χ2n) is 4.35. The van der Waals surface area contributed by atoms with Gasteiger partial charge in [0.05, 0.1) is 10.5 Å². The average molecular weight is 271 g/mol. The standard InChI is InChI=1S/C14H13N3O3/c1-9-5-6-13(15)12(7-9)14(18)16-10-3-2-4-11(8-10)17(19)20/h2-8H,15H2,1H3,(H,16,18). The van der Waals surface area contributed by atoms with E-state index in [0.717, 1.165) is 5.56 Å². The van der Waals surface area contributed by atoms with E-state index in [0.29, 0.717) is 16.9 Å². The number of benzene rings is 2. The van der Waals surface area contributed by atoms with Crippen molar-refractivity contribution < 1.29 is 9.72 Å². The van der Waals surface area contributed by atoms with Crippen molar-refractivity contribution >= 4 is 23.0 Å². The predicted molar refractivity (Wildman–Crippen MR) is 76.6 cm³/mol. The van der Waals surface area contributed by atoms with Gasteiger partial charge in [0, 0.05) is 23.5 Å². The largest absolute Gasteiger partial charge is 0.398 e. The van der Waals surface area contributed by atoms with Crippen molar-refractivity contribution in [1.82, 2.24) is 0 Å². The number of non-ortho nitro benzene ring substituents is 1. The molecule has 102 valence electrons. The second-order valence-corrected chi connectivity index (χ2v) is 4.35. The number of carbonyl (C=O) groups excluding carboxylic acids is 1. The zero-order chi connectivity index (χ0) is 14.7. The van der Waals surface area contributed by atoms with Crippen LogP contribution < -0.4 is 11.1 Å². The van der Waals surface area contributed by atoms with Crippen molar-refractivity contribution in [3.63, 3.8) is 0 Å². The number of nitrogen functional groups attached to an aromatic ring is 1. The third kappa shape index (κ3) is 2.92. The Morgan fingerprint density at radius 1 is 1.25 bits per heavy atom. The van der Waals surface area contributed by atoms with Gasteiger partial charge in [0.1, 0.15) is 0 Å². The first-order valence-corrected chi connectivity index (χ1v) is 5.89. The molecule has 0 atom stereocenters. The SMILES string of the molecule is Cc1ccc(N)c(C(=O)Nc2cccc([N+](=O)[O-])c2)c1. The molecular formula is C14H13N3O3. The van der Waals surface area contributed by atoms with Crippen LogP contribution in [0.25, 0.3) is 0 Å². The fraction of sp³-hybridized carbons (Fsp3) is 0.0714. The zero-order valence-corrected chi connectivity index (χ0v) is 10.8. The molecule has 0 bridgehead atoms. The molecule has 0 fully saturated rings. The maximum absolute atomic E-state index is 12.1. The van der Waals surface area contributed by atoms with E-state index in [1.165, 1.54) is 18.2 Å². The first-order chi connectivity index (χ1) is 9.47. The van der Waals surface area contributed by atoms with Gasteiger partial charge in [0.25, 0.3) is 11.6 Å². The van der Waals surface area contributed by atoms with Gasteiger partial charge in [-0.15, -0.1) is 0 Å². The molecule has 0 heterocycles. The summed E-state index contributed by atoms with van der Waals surface area (Å²) in [6.45, 7) is 1.85. The van der Waals surface area contributed by atoms with Crippen molar-refractivity contribution in [2.24, 2.45) is 0 Å². The molecule has 0 radical (unpaired) electrons. The molecule has 2 rings (SSSR count). The van der Waals surface area contributed by atoms with Gasteiger partial charge in [-0.25, -0.2) is 0 Å². The van der Waals surface area contributed by atoms with Gasteiger partial charge in [0.15, 0.2) is 0 Å². The summed E-state index contributed by atoms with van der Waals surface area (Å²) in [5.74, 6) is -0.397. The molecule has 0 unspecified atom stereocenters. The highest BCUT2D eigenvalue weighted by atomic mass is 16.6. The predicted octanol–water partition coefficient (Wildman–Crippen LogP) is 2.74. The van der Waals surface area contributed by atoms with Gasteiger partial charge in [-0.2, -0.15) is 0 Å². The second kappa shape index (κ2) is 5.40. The van der Waals surface area contributed by atoms with Crippen LogP contribution >= 0.6 is 0 Å². The van der Waals surface area contributed by atoms with Gasteiger partial charge in [-0.05, 0) is 25.1 Å². The lowest BCUT2D eigenvalue weighted by molar-refractivity contribution is -0.384. The summed E-state index contributed by atoms with van der Waals surface area (Å²) in [5, 5.41) is 13.3. The number of nitro benzene ring substituents is 1. The first kappa shape index (κ1) is 13.5. The molecule has 0 aliphatic rings. The fourth-order valence-corrected chi connectivity index (χ4v) is 1.76. The number of nitrogens with one attached hydrogen (secondary N) is 1. The quantitative estimate of drug-likeness (QED) is 0.509. The fourth-order valence-electron chi connectivity index (χ4n) is 1.76. The molecule has 1 amide bonds. The highest BCUT2D eigenvalue weighted by molar-refractivity contribution is 6.07. The van der Waals surface area contributed by atoms with E-state index in [2.05, 4.69) is 5.32 Å². The highest BCUT2D eigenvalue weighted by Crippen LogP contribution is 2.20. The van der Waals surface area contributed by atoms with Crippen molar-refractivity contribution in [3.8, 4) is 0 Å². The number of anilines is 2. The zero-order valence-electron chi connectivity index (χ0n) is 10.8. The molecule has 20 heavy (non-hydrogen) atoms. The van der Waals surface area contributed by atoms with Gasteiger partial charge in [-0.3, -0.25) is 14.9 Å². The van der Waals surface area contributed by atoms with Crippen LogP contribution in [0.4, 0.5) is 17.1 Å². The molecule has 0 aliphatic carbocycles. The van der Waals surface area contributed by atoms with E-state index < -0.39 is 10.8 Å². The smallest absolute Gasteiger partial charge is 0.271 e. The Labute approximate surface area is 115 Å². The van der Waals surface area contributed by atoms with Crippen LogP contribution in [-0.2, 0) is 0 Å². The number of hydrogen-bond donors (Lipinski definition) is 2. The van der Waals surface area contributed by atoms with Crippen LogP contribution in [-0.4, -0.2) is 10.8 Å². The van der Waals surface area contributed by atoms with E-state index in [1.54, 1.807) is 24.3 Å². The number of carbonyl (C=O) groups is 1. The van der Waals surface area contributed by atoms with Crippen molar-refractivity contribution in [2.75, 3.05) is 11.1 Å². The number of hydrogen-bond acceptors (Lipinski definition) is 4. The van der Waals surface area contributed by atoms with E-state index >= 15 is 0 Å². The maximum Gasteiger partial charge on any atom is 0.271 e. The minimum absolute atomic E-state index is 0.0833. The Kier molecular flexibility index (Phi) is 3.65. The minimum atomic E-state index is -0.517. The molecule has 6 heteroatoms. The molecule has 0 saturated carbocycles. The number of nitro groups is 1. The Balaban J connectivity index is 2.25. The lowest BCUT2D eigenvalue weighted by Gasteiger charge is -2.08. The van der Waals surface area contributed by atoms with E-state index in [9.17, 15) is 14.9 Å². The number of rotatable bonds is 3. The third-order valence-electron chi connectivity index (χ3n) is 2.77.